The molecule has 114 valence electrons. The van der Waals surface area contributed by atoms with E-state index in [0.717, 1.165) is 19.4 Å². The summed E-state index contributed by atoms with van der Waals surface area (Å²) in [6.45, 7) is 6.79. The van der Waals surface area contributed by atoms with Gasteiger partial charge in [-0.25, -0.2) is 0 Å². The van der Waals surface area contributed by atoms with Crippen molar-refractivity contribution in [1.82, 2.24) is 15.1 Å². The summed E-state index contributed by atoms with van der Waals surface area (Å²) >= 11 is 0. The highest BCUT2D eigenvalue weighted by atomic mass is 16.5. The van der Waals surface area contributed by atoms with E-state index >= 15 is 0 Å². The maximum absolute atomic E-state index is 12.5. The van der Waals surface area contributed by atoms with Crippen molar-refractivity contribution in [3.63, 3.8) is 0 Å². The number of likely N-dealkylation sites (tertiary alicyclic amines) is 1. The van der Waals surface area contributed by atoms with Gasteiger partial charge in [0.1, 0.15) is 6.04 Å². The monoisotopic (exact) mass is 283 g/mol. The highest BCUT2D eigenvalue weighted by molar-refractivity contribution is 5.88. The van der Waals surface area contributed by atoms with Crippen LogP contribution < -0.4 is 5.32 Å². The van der Waals surface area contributed by atoms with E-state index in [9.17, 15) is 9.59 Å². The second-order valence-corrected chi connectivity index (χ2v) is 5.29. The molecule has 2 saturated heterocycles. The summed E-state index contributed by atoms with van der Waals surface area (Å²) in [6.07, 6.45) is 2.19. The van der Waals surface area contributed by atoms with Gasteiger partial charge in [-0.3, -0.25) is 9.59 Å². The third-order valence-corrected chi connectivity index (χ3v) is 3.95. The molecule has 20 heavy (non-hydrogen) atoms. The molecule has 6 heteroatoms. The molecule has 2 aliphatic heterocycles. The maximum Gasteiger partial charge on any atom is 0.245 e. The van der Waals surface area contributed by atoms with E-state index in [2.05, 4.69) is 5.32 Å². The Morgan fingerprint density at radius 3 is 2.70 bits per heavy atom. The van der Waals surface area contributed by atoms with E-state index in [1.807, 2.05) is 11.8 Å². The predicted molar refractivity (Wildman–Crippen MR) is 75.3 cm³/mol. The number of morpholine rings is 1. The number of hydrogen-bond acceptors (Lipinski definition) is 4. The van der Waals surface area contributed by atoms with Gasteiger partial charge in [0.15, 0.2) is 0 Å². The summed E-state index contributed by atoms with van der Waals surface area (Å²) in [5.41, 5.74) is 0. The Bertz CT molecular complexity index is 343. The number of ether oxygens (including phenoxy) is 1. The van der Waals surface area contributed by atoms with Crippen molar-refractivity contribution < 1.29 is 14.3 Å². The van der Waals surface area contributed by atoms with Gasteiger partial charge in [-0.15, -0.1) is 0 Å². The average Bonchev–Trinajstić information content (AvgIpc) is 2.97. The lowest BCUT2D eigenvalue weighted by Gasteiger charge is -2.32. The van der Waals surface area contributed by atoms with Gasteiger partial charge in [-0.2, -0.15) is 0 Å². The smallest absolute Gasteiger partial charge is 0.245 e. The highest BCUT2D eigenvalue weighted by Gasteiger charge is 2.36. The van der Waals surface area contributed by atoms with Gasteiger partial charge in [0.2, 0.25) is 11.8 Å². The first-order valence-electron chi connectivity index (χ1n) is 7.60. The predicted octanol–water partition coefficient (Wildman–Crippen LogP) is -0.164. The molecule has 1 N–H and O–H groups in total. The first-order valence-corrected chi connectivity index (χ1v) is 7.60. The van der Waals surface area contributed by atoms with E-state index in [1.54, 1.807) is 4.90 Å². The molecule has 0 spiro atoms. The molecule has 1 atom stereocenters. The molecule has 0 aromatic rings. The lowest BCUT2D eigenvalue weighted by atomic mass is 10.1. The van der Waals surface area contributed by atoms with Crippen LogP contribution >= 0.6 is 0 Å². The van der Waals surface area contributed by atoms with Crippen molar-refractivity contribution in [2.75, 3.05) is 45.9 Å². The summed E-state index contributed by atoms with van der Waals surface area (Å²) in [5.74, 6) is 0.192. The van der Waals surface area contributed by atoms with Crippen molar-refractivity contribution in [1.29, 1.82) is 0 Å². The van der Waals surface area contributed by atoms with Gasteiger partial charge in [-0.1, -0.05) is 6.92 Å². The summed E-state index contributed by atoms with van der Waals surface area (Å²) in [5, 5.41) is 3.15. The molecule has 0 aromatic heterocycles. The van der Waals surface area contributed by atoms with Crippen molar-refractivity contribution in [2.24, 2.45) is 0 Å². The molecule has 2 amide bonds. The number of nitrogens with one attached hydrogen (secondary N) is 1. The van der Waals surface area contributed by atoms with Crippen LogP contribution in [-0.4, -0.2) is 73.6 Å². The Labute approximate surface area is 120 Å². The zero-order chi connectivity index (χ0) is 14.4. The Morgan fingerprint density at radius 2 is 2.00 bits per heavy atom. The molecular formula is C14H25N3O3. The lowest BCUT2D eigenvalue weighted by Crippen LogP contribution is -2.51. The molecule has 0 aromatic carbocycles. The Hall–Kier alpha value is -1.14. The lowest BCUT2D eigenvalue weighted by molar-refractivity contribution is -0.146. The van der Waals surface area contributed by atoms with E-state index < -0.39 is 0 Å². The molecular weight excluding hydrogens is 258 g/mol. The number of rotatable bonds is 5. The molecule has 1 unspecified atom stereocenters. The third kappa shape index (κ3) is 3.70. The molecule has 2 rings (SSSR count). The number of amides is 2. The summed E-state index contributed by atoms with van der Waals surface area (Å²) in [4.78, 5) is 28.3. The van der Waals surface area contributed by atoms with Gasteiger partial charge in [0.05, 0.1) is 13.2 Å². The van der Waals surface area contributed by atoms with Crippen LogP contribution in [0.3, 0.4) is 0 Å². The molecule has 0 radical (unpaired) electrons. The van der Waals surface area contributed by atoms with Crippen molar-refractivity contribution >= 4 is 11.8 Å². The van der Waals surface area contributed by atoms with Crippen LogP contribution in [0.5, 0.6) is 0 Å². The van der Waals surface area contributed by atoms with Gasteiger partial charge < -0.3 is 19.9 Å². The van der Waals surface area contributed by atoms with E-state index in [4.69, 9.17) is 4.74 Å². The highest BCUT2D eigenvalue weighted by Crippen LogP contribution is 2.20. The summed E-state index contributed by atoms with van der Waals surface area (Å²) in [7, 11) is 0. The zero-order valence-corrected chi connectivity index (χ0v) is 12.3. The topological polar surface area (TPSA) is 61.9 Å². The van der Waals surface area contributed by atoms with Crippen molar-refractivity contribution in [3.05, 3.63) is 0 Å². The van der Waals surface area contributed by atoms with Crippen molar-refractivity contribution in [2.45, 2.75) is 32.2 Å². The van der Waals surface area contributed by atoms with Crippen LogP contribution in [0, 0.1) is 0 Å². The maximum atomic E-state index is 12.5. The van der Waals surface area contributed by atoms with Crippen LogP contribution in [-0.2, 0) is 14.3 Å². The van der Waals surface area contributed by atoms with Crippen LogP contribution in [0.25, 0.3) is 0 Å². The molecule has 0 aliphatic carbocycles. The number of carbonyl (C=O) groups excluding carboxylic acids is 2. The number of nitrogens with zero attached hydrogens (tertiary/aromatic N) is 2. The Morgan fingerprint density at radius 1 is 1.25 bits per heavy atom. The minimum Gasteiger partial charge on any atom is -0.378 e. The molecule has 2 fully saturated rings. The first-order chi connectivity index (χ1) is 9.74. The molecule has 2 heterocycles. The molecule has 2 aliphatic rings. The van der Waals surface area contributed by atoms with E-state index in [0.29, 0.717) is 45.8 Å². The minimum absolute atomic E-state index is 0.0926. The first kappa shape index (κ1) is 15.3. The van der Waals surface area contributed by atoms with E-state index in [-0.39, 0.29) is 17.9 Å². The van der Waals surface area contributed by atoms with E-state index in [1.165, 1.54) is 0 Å². The van der Waals surface area contributed by atoms with Crippen LogP contribution in [0.2, 0.25) is 0 Å². The van der Waals surface area contributed by atoms with Crippen LogP contribution in [0.4, 0.5) is 0 Å². The van der Waals surface area contributed by atoms with Crippen LogP contribution in [0.15, 0.2) is 0 Å². The average molecular weight is 283 g/mol. The SMILES string of the molecule is CCNCCC(=O)N1CCCC1C(=O)N1CCOCC1. The minimum atomic E-state index is -0.248. The standard InChI is InChI=1S/C14H25N3O3/c1-2-15-6-5-13(18)17-7-3-4-12(17)14(19)16-8-10-20-11-9-16/h12,15H,2-11H2,1H3. The normalized spacial score (nSPS) is 23.1. The van der Waals surface area contributed by atoms with Gasteiger partial charge in [-0.05, 0) is 19.4 Å². The van der Waals surface area contributed by atoms with Crippen LogP contribution in [0.1, 0.15) is 26.2 Å². The fraction of sp³-hybridized carbons (Fsp3) is 0.857. The summed E-state index contributed by atoms with van der Waals surface area (Å²) < 4.78 is 5.27. The molecule has 0 bridgehead atoms. The fourth-order valence-electron chi connectivity index (χ4n) is 2.83. The molecule has 0 saturated carbocycles. The largest absolute Gasteiger partial charge is 0.378 e. The second kappa shape index (κ2) is 7.59. The number of carbonyl (C=O) groups is 2. The third-order valence-electron chi connectivity index (χ3n) is 3.95. The van der Waals surface area contributed by atoms with Gasteiger partial charge >= 0.3 is 0 Å². The second-order valence-electron chi connectivity index (χ2n) is 5.29. The Kier molecular flexibility index (Phi) is 5.79. The van der Waals surface area contributed by atoms with Crippen molar-refractivity contribution in [3.8, 4) is 0 Å². The zero-order valence-electron chi connectivity index (χ0n) is 12.3. The number of hydrogen-bond donors (Lipinski definition) is 1. The van der Waals surface area contributed by atoms with Gasteiger partial charge in [0.25, 0.3) is 0 Å². The quantitative estimate of drug-likeness (QED) is 0.712. The summed E-state index contributed by atoms with van der Waals surface area (Å²) in [6, 6.07) is -0.248. The molecule has 6 nitrogen and oxygen atoms in total. The van der Waals surface area contributed by atoms with Gasteiger partial charge in [0, 0.05) is 32.6 Å². The fourth-order valence-corrected chi connectivity index (χ4v) is 2.83. The Balaban J connectivity index is 1.88.